The Hall–Kier alpha value is -1.49. The molecular weight excluding hydrogens is 414 g/mol. The van der Waals surface area contributed by atoms with Gasteiger partial charge in [-0.15, -0.1) is 0 Å². The van der Waals surface area contributed by atoms with Crippen molar-refractivity contribution < 1.29 is 4.74 Å². The fourth-order valence-corrected chi connectivity index (χ4v) is 5.05. The molecule has 0 saturated carbocycles. The lowest BCUT2D eigenvalue weighted by molar-refractivity contribution is 0.302. The molecule has 1 N–H and O–H groups in total. The van der Waals surface area contributed by atoms with Crippen LogP contribution >= 0.6 is 15.9 Å². The summed E-state index contributed by atoms with van der Waals surface area (Å²) in [7, 11) is 0. The standard InChI is InChI=1S/C23H32BrN3O/c1-2-3-4-5-6-7-8-15-28-20-10-9-18(16-19(20)24)22-23-21(25-26-22)17-11-13-27(23)14-12-17/h9-10,16-17H,2-8,11-15H2,1H3,(H,25,26). The molecule has 3 aliphatic heterocycles. The third-order valence-corrected chi connectivity index (χ3v) is 6.82. The van der Waals surface area contributed by atoms with Crippen LogP contribution < -0.4 is 9.64 Å². The molecule has 1 aromatic carbocycles. The molecule has 4 heterocycles. The van der Waals surface area contributed by atoms with E-state index in [2.05, 4.69) is 56.2 Å². The van der Waals surface area contributed by atoms with Gasteiger partial charge in [-0.05, 0) is 53.4 Å². The van der Waals surface area contributed by atoms with Gasteiger partial charge in [0.2, 0.25) is 0 Å². The van der Waals surface area contributed by atoms with Crippen molar-refractivity contribution in [3.8, 4) is 17.0 Å². The van der Waals surface area contributed by atoms with Crippen LogP contribution in [0.25, 0.3) is 11.3 Å². The summed E-state index contributed by atoms with van der Waals surface area (Å²) < 4.78 is 7.03. The van der Waals surface area contributed by atoms with Crippen LogP contribution in [0.3, 0.4) is 0 Å². The molecule has 3 aliphatic rings. The van der Waals surface area contributed by atoms with Gasteiger partial charge in [0.15, 0.2) is 0 Å². The summed E-state index contributed by atoms with van der Waals surface area (Å²) in [6, 6.07) is 6.38. The van der Waals surface area contributed by atoms with Crippen LogP contribution in [-0.4, -0.2) is 29.9 Å². The number of piperidine rings is 1. The Morgan fingerprint density at radius 1 is 1.11 bits per heavy atom. The molecule has 1 saturated heterocycles. The number of unbranched alkanes of at least 4 members (excludes halogenated alkanes) is 6. The number of benzene rings is 1. The quantitative estimate of drug-likeness (QED) is 0.415. The van der Waals surface area contributed by atoms with Gasteiger partial charge in [-0.2, -0.15) is 5.10 Å². The van der Waals surface area contributed by atoms with Gasteiger partial charge in [-0.3, -0.25) is 5.10 Å². The molecule has 2 aromatic rings. The van der Waals surface area contributed by atoms with Gasteiger partial charge in [0.25, 0.3) is 0 Å². The van der Waals surface area contributed by atoms with E-state index in [4.69, 9.17) is 4.74 Å². The Balaban J connectivity index is 1.33. The molecule has 1 aromatic heterocycles. The van der Waals surface area contributed by atoms with Crippen LogP contribution in [0.5, 0.6) is 5.75 Å². The summed E-state index contributed by atoms with van der Waals surface area (Å²) in [5, 5.41) is 7.99. The van der Waals surface area contributed by atoms with E-state index in [1.165, 1.54) is 62.7 Å². The molecule has 0 aliphatic carbocycles. The second kappa shape index (κ2) is 9.34. The number of nitrogens with zero attached hydrogens (tertiary/aromatic N) is 2. The normalized spacial score (nSPS) is 15.9. The van der Waals surface area contributed by atoms with E-state index in [1.807, 2.05) is 0 Å². The van der Waals surface area contributed by atoms with Crippen LogP contribution in [0.1, 0.15) is 76.3 Å². The van der Waals surface area contributed by atoms with Crippen LogP contribution in [0.15, 0.2) is 22.7 Å². The van der Waals surface area contributed by atoms with Crippen LogP contribution in [-0.2, 0) is 0 Å². The monoisotopic (exact) mass is 445 g/mol. The molecule has 1 fully saturated rings. The van der Waals surface area contributed by atoms with Gasteiger partial charge in [0.05, 0.1) is 22.5 Å². The van der Waals surface area contributed by atoms with Crippen molar-refractivity contribution in [2.75, 3.05) is 24.6 Å². The molecule has 28 heavy (non-hydrogen) atoms. The number of hydrogen-bond acceptors (Lipinski definition) is 3. The zero-order valence-electron chi connectivity index (χ0n) is 17.0. The third kappa shape index (κ3) is 4.24. The van der Waals surface area contributed by atoms with Gasteiger partial charge in [-0.25, -0.2) is 0 Å². The summed E-state index contributed by atoms with van der Waals surface area (Å²) in [4.78, 5) is 2.49. The smallest absolute Gasteiger partial charge is 0.133 e. The highest BCUT2D eigenvalue weighted by Gasteiger charge is 2.35. The first kappa shape index (κ1) is 19.8. The number of fused-ring (bicyclic) bond motifs is 2. The van der Waals surface area contributed by atoms with E-state index in [9.17, 15) is 0 Å². The van der Waals surface area contributed by atoms with E-state index in [-0.39, 0.29) is 0 Å². The molecule has 0 unspecified atom stereocenters. The van der Waals surface area contributed by atoms with E-state index >= 15 is 0 Å². The van der Waals surface area contributed by atoms with Gasteiger partial charge in [0, 0.05) is 24.6 Å². The molecule has 5 heteroatoms. The van der Waals surface area contributed by atoms with Crippen molar-refractivity contribution in [1.29, 1.82) is 0 Å². The van der Waals surface area contributed by atoms with Crippen LogP contribution in [0, 0.1) is 0 Å². The van der Waals surface area contributed by atoms with Crippen LogP contribution in [0.4, 0.5) is 5.69 Å². The number of nitrogens with one attached hydrogen (secondary N) is 1. The minimum Gasteiger partial charge on any atom is -0.492 e. The third-order valence-electron chi connectivity index (χ3n) is 6.20. The highest BCUT2D eigenvalue weighted by Crippen LogP contribution is 2.46. The maximum absolute atomic E-state index is 6.01. The van der Waals surface area contributed by atoms with Crippen molar-refractivity contribution >= 4 is 21.6 Å². The number of hydrogen-bond donors (Lipinski definition) is 1. The van der Waals surface area contributed by atoms with Gasteiger partial charge in [-0.1, -0.05) is 45.4 Å². The number of H-pyrrole nitrogens is 1. The zero-order valence-corrected chi connectivity index (χ0v) is 18.6. The van der Waals surface area contributed by atoms with E-state index in [1.54, 1.807) is 0 Å². The fraction of sp³-hybridized carbons (Fsp3) is 0.609. The van der Waals surface area contributed by atoms with Gasteiger partial charge < -0.3 is 9.64 Å². The average molecular weight is 446 g/mol. The van der Waals surface area contributed by atoms with Gasteiger partial charge >= 0.3 is 0 Å². The Morgan fingerprint density at radius 3 is 2.61 bits per heavy atom. The topological polar surface area (TPSA) is 41.1 Å². The maximum atomic E-state index is 6.01. The summed E-state index contributed by atoms with van der Waals surface area (Å²) in [5.41, 5.74) is 4.90. The summed E-state index contributed by atoms with van der Waals surface area (Å²) in [6.45, 7) is 5.37. The van der Waals surface area contributed by atoms with Crippen LogP contribution in [0.2, 0.25) is 0 Å². The Bertz CT molecular complexity index is 780. The van der Waals surface area contributed by atoms with Crippen molar-refractivity contribution in [3.05, 3.63) is 28.4 Å². The first-order chi connectivity index (χ1) is 13.8. The van der Waals surface area contributed by atoms with Crippen molar-refractivity contribution in [3.63, 3.8) is 0 Å². The molecule has 0 spiro atoms. The lowest BCUT2D eigenvalue weighted by atomic mass is 9.86. The van der Waals surface area contributed by atoms with Gasteiger partial charge in [0.1, 0.15) is 11.4 Å². The Morgan fingerprint density at radius 2 is 1.86 bits per heavy atom. The average Bonchev–Trinajstić information content (AvgIpc) is 3.19. The first-order valence-corrected chi connectivity index (χ1v) is 11.8. The molecule has 4 nitrogen and oxygen atoms in total. The molecule has 0 atom stereocenters. The first-order valence-electron chi connectivity index (χ1n) is 11.0. The summed E-state index contributed by atoms with van der Waals surface area (Å²) in [5.74, 6) is 1.59. The molecule has 0 radical (unpaired) electrons. The number of halogens is 1. The van der Waals surface area contributed by atoms with Crippen molar-refractivity contribution in [1.82, 2.24) is 10.2 Å². The number of anilines is 1. The molecule has 152 valence electrons. The number of ether oxygens (including phenoxy) is 1. The minimum atomic E-state index is 0.661. The second-order valence-electron chi connectivity index (χ2n) is 8.21. The molecule has 0 amide bonds. The SMILES string of the molecule is CCCCCCCCCOc1ccc(-c2n[nH]c3c2N2CCC3CC2)cc1Br. The fourth-order valence-electron chi connectivity index (χ4n) is 4.55. The van der Waals surface area contributed by atoms with E-state index in [0.29, 0.717) is 5.92 Å². The van der Waals surface area contributed by atoms with Crippen molar-refractivity contribution in [2.24, 2.45) is 0 Å². The second-order valence-corrected chi connectivity index (χ2v) is 9.07. The maximum Gasteiger partial charge on any atom is 0.133 e. The van der Waals surface area contributed by atoms with E-state index < -0.39 is 0 Å². The Kier molecular flexibility index (Phi) is 6.61. The predicted molar refractivity (Wildman–Crippen MR) is 119 cm³/mol. The van der Waals surface area contributed by atoms with Crippen molar-refractivity contribution in [2.45, 2.75) is 70.6 Å². The lowest BCUT2D eigenvalue weighted by Crippen LogP contribution is -2.38. The summed E-state index contributed by atoms with van der Waals surface area (Å²) >= 11 is 3.70. The largest absolute Gasteiger partial charge is 0.492 e. The predicted octanol–water partition coefficient (Wildman–Crippen LogP) is 6.67. The number of aromatic nitrogens is 2. The number of rotatable bonds is 10. The molecule has 5 rings (SSSR count). The molecule has 2 bridgehead atoms. The highest BCUT2D eigenvalue weighted by atomic mass is 79.9. The minimum absolute atomic E-state index is 0.661. The zero-order chi connectivity index (χ0) is 19.3. The number of aromatic amines is 1. The summed E-state index contributed by atoms with van der Waals surface area (Å²) in [6.07, 6.45) is 11.6. The lowest BCUT2D eigenvalue weighted by Gasteiger charge is -2.40. The van der Waals surface area contributed by atoms with E-state index in [0.717, 1.165) is 47.6 Å². The highest BCUT2D eigenvalue weighted by molar-refractivity contribution is 9.10. The molecular formula is C23H32BrN3O. The Labute approximate surface area is 177 Å².